The second kappa shape index (κ2) is 10.3. The Morgan fingerprint density at radius 1 is 1.07 bits per heavy atom. The summed E-state index contributed by atoms with van der Waals surface area (Å²) >= 11 is 0. The standard InChI is InChI=1S/C10H15N.C3H8/c1-11-9-5-8-10-6-3-2-4-7-10;1-3-2/h2-4,6-7,11H,5,8-9H2,1H3;3H2,1-2H3. The molecule has 0 amide bonds. The van der Waals surface area contributed by atoms with Gasteiger partial charge in [-0.15, -0.1) is 0 Å². The minimum atomic E-state index is 1.11. The molecule has 0 fully saturated rings. The van der Waals surface area contributed by atoms with Crippen molar-refractivity contribution in [2.24, 2.45) is 0 Å². The number of rotatable bonds is 4. The lowest BCUT2D eigenvalue weighted by atomic mass is 10.1. The Balaban J connectivity index is 0.000000500. The van der Waals surface area contributed by atoms with Crippen LogP contribution in [0.25, 0.3) is 0 Å². The maximum Gasteiger partial charge on any atom is -0.00488 e. The van der Waals surface area contributed by atoms with E-state index < -0.39 is 0 Å². The second-order valence-corrected chi connectivity index (χ2v) is 3.40. The number of nitrogens with one attached hydrogen (secondary N) is 1. The summed E-state index contributed by atoms with van der Waals surface area (Å²) in [6.45, 7) is 5.36. The van der Waals surface area contributed by atoms with Gasteiger partial charge in [0.2, 0.25) is 0 Å². The molecule has 0 heterocycles. The van der Waals surface area contributed by atoms with Gasteiger partial charge in [0.25, 0.3) is 0 Å². The summed E-state index contributed by atoms with van der Waals surface area (Å²) in [6.07, 6.45) is 3.65. The third kappa shape index (κ3) is 7.81. The quantitative estimate of drug-likeness (QED) is 0.724. The van der Waals surface area contributed by atoms with Crippen molar-refractivity contribution in [1.82, 2.24) is 5.32 Å². The number of benzene rings is 1. The topological polar surface area (TPSA) is 12.0 Å². The summed E-state index contributed by atoms with van der Waals surface area (Å²) in [4.78, 5) is 0. The summed E-state index contributed by atoms with van der Waals surface area (Å²) in [5, 5.41) is 3.14. The highest BCUT2D eigenvalue weighted by molar-refractivity contribution is 5.14. The molecule has 1 aromatic rings. The smallest absolute Gasteiger partial charge is 0.00488 e. The minimum Gasteiger partial charge on any atom is -0.320 e. The summed E-state index contributed by atoms with van der Waals surface area (Å²) in [5.41, 5.74) is 1.43. The van der Waals surface area contributed by atoms with Crippen LogP contribution in [0.5, 0.6) is 0 Å². The minimum absolute atomic E-state index is 1.11. The Morgan fingerprint density at radius 2 is 1.64 bits per heavy atom. The van der Waals surface area contributed by atoms with Crippen molar-refractivity contribution in [2.45, 2.75) is 33.1 Å². The Morgan fingerprint density at radius 3 is 2.14 bits per heavy atom. The molecule has 0 bridgehead atoms. The Bertz CT molecular complexity index is 194. The van der Waals surface area contributed by atoms with Crippen LogP contribution in [0.3, 0.4) is 0 Å². The molecule has 14 heavy (non-hydrogen) atoms. The Kier molecular flexibility index (Phi) is 9.66. The predicted octanol–water partition coefficient (Wildman–Crippen LogP) is 3.25. The van der Waals surface area contributed by atoms with Crippen LogP contribution < -0.4 is 5.32 Å². The molecular weight excluding hydrogens is 170 g/mol. The van der Waals surface area contributed by atoms with E-state index in [1.165, 1.54) is 24.8 Å². The maximum atomic E-state index is 3.14. The van der Waals surface area contributed by atoms with E-state index in [9.17, 15) is 0 Å². The van der Waals surface area contributed by atoms with Crippen molar-refractivity contribution in [3.63, 3.8) is 0 Å². The van der Waals surface area contributed by atoms with Gasteiger partial charge in [-0.1, -0.05) is 50.6 Å². The highest BCUT2D eigenvalue weighted by Crippen LogP contribution is 2.00. The van der Waals surface area contributed by atoms with Gasteiger partial charge < -0.3 is 5.32 Å². The third-order valence-corrected chi connectivity index (χ3v) is 1.74. The monoisotopic (exact) mass is 193 g/mol. The molecule has 1 aromatic carbocycles. The van der Waals surface area contributed by atoms with E-state index >= 15 is 0 Å². The van der Waals surface area contributed by atoms with Gasteiger partial charge in [-0.3, -0.25) is 0 Å². The molecule has 1 N–H and O–H groups in total. The van der Waals surface area contributed by atoms with Crippen molar-refractivity contribution >= 4 is 0 Å². The number of aryl methyl sites for hydroxylation is 1. The normalized spacial score (nSPS) is 9.07. The molecule has 0 saturated carbocycles. The van der Waals surface area contributed by atoms with Gasteiger partial charge in [-0.05, 0) is 32.0 Å². The maximum absolute atomic E-state index is 3.14. The zero-order chi connectivity index (χ0) is 10.6. The van der Waals surface area contributed by atoms with Crippen molar-refractivity contribution in [3.8, 4) is 0 Å². The molecule has 0 spiro atoms. The average Bonchev–Trinajstić information content (AvgIpc) is 2.21. The third-order valence-electron chi connectivity index (χ3n) is 1.74. The van der Waals surface area contributed by atoms with Crippen LogP contribution in [0.1, 0.15) is 32.3 Å². The van der Waals surface area contributed by atoms with Gasteiger partial charge in [0.05, 0.1) is 0 Å². The zero-order valence-electron chi connectivity index (χ0n) is 9.72. The van der Waals surface area contributed by atoms with Crippen LogP contribution in [-0.4, -0.2) is 13.6 Å². The van der Waals surface area contributed by atoms with Gasteiger partial charge in [-0.25, -0.2) is 0 Å². The van der Waals surface area contributed by atoms with E-state index in [0.717, 1.165) is 6.54 Å². The molecule has 0 atom stereocenters. The van der Waals surface area contributed by atoms with Gasteiger partial charge in [0, 0.05) is 0 Å². The van der Waals surface area contributed by atoms with Crippen molar-refractivity contribution in [2.75, 3.05) is 13.6 Å². The van der Waals surface area contributed by atoms with E-state index in [4.69, 9.17) is 0 Å². The molecule has 0 aliphatic carbocycles. The van der Waals surface area contributed by atoms with Crippen LogP contribution in [-0.2, 0) is 6.42 Å². The zero-order valence-corrected chi connectivity index (χ0v) is 9.72. The molecule has 80 valence electrons. The molecule has 0 saturated heterocycles. The summed E-state index contributed by atoms with van der Waals surface area (Å²) in [5.74, 6) is 0. The Hall–Kier alpha value is -0.820. The van der Waals surface area contributed by atoms with Crippen LogP contribution in [0.15, 0.2) is 30.3 Å². The van der Waals surface area contributed by atoms with Crippen molar-refractivity contribution < 1.29 is 0 Å². The molecule has 1 nitrogen and oxygen atoms in total. The molecule has 0 aliphatic rings. The van der Waals surface area contributed by atoms with Crippen LogP contribution in [0.2, 0.25) is 0 Å². The average molecular weight is 193 g/mol. The lowest BCUT2D eigenvalue weighted by molar-refractivity contribution is 0.725. The fourth-order valence-electron chi connectivity index (χ4n) is 1.11. The predicted molar refractivity (Wildman–Crippen MR) is 64.7 cm³/mol. The van der Waals surface area contributed by atoms with Gasteiger partial charge in [0.1, 0.15) is 0 Å². The van der Waals surface area contributed by atoms with E-state index in [2.05, 4.69) is 49.5 Å². The molecule has 0 radical (unpaired) electrons. The number of hydrogen-bond donors (Lipinski definition) is 1. The first-order valence-corrected chi connectivity index (χ1v) is 5.53. The highest BCUT2D eigenvalue weighted by atomic mass is 14.8. The first-order chi connectivity index (χ1) is 6.85. The van der Waals surface area contributed by atoms with Gasteiger partial charge in [-0.2, -0.15) is 0 Å². The first kappa shape index (κ1) is 13.2. The van der Waals surface area contributed by atoms with Gasteiger partial charge in [0.15, 0.2) is 0 Å². The lowest BCUT2D eigenvalue weighted by Gasteiger charge is -1.99. The summed E-state index contributed by atoms with van der Waals surface area (Å²) in [6, 6.07) is 10.6. The fourth-order valence-corrected chi connectivity index (χ4v) is 1.11. The van der Waals surface area contributed by atoms with E-state index in [1.807, 2.05) is 7.05 Å². The van der Waals surface area contributed by atoms with Crippen LogP contribution in [0.4, 0.5) is 0 Å². The Labute approximate surface area is 88.5 Å². The van der Waals surface area contributed by atoms with Crippen molar-refractivity contribution in [1.29, 1.82) is 0 Å². The SMILES string of the molecule is CCC.CNCCCc1ccccc1. The lowest BCUT2D eigenvalue weighted by Crippen LogP contribution is -2.08. The van der Waals surface area contributed by atoms with Gasteiger partial charge >= 0.3 is 0 Å². The van der Waals surface area contributed by atoms with Crippen molar-refractivity contribution in [3.05, 3.63) is 35.9 Å². The molecule has 1 heteroatoms. The van der Waals surface area contributed by atoms with E-state index in [-0.39, 0.29) is 0 Å². The highest BCUT2D eigenvalue weighted by Gasteiger charge is 1.88. The summed E-state index contributed by atoms with van der Waals surface area (Å²) in [7, 11) is 1.99. The first-order valence-electron chi connectivity index (χ1n) is 5.53. The molecule has 1 rings (SSSR count). The largest absolute Gasteiger partial charge is 0.320 e. The van der Waals surface area contributed by atoms with Crippen LogP contribution in [0, 0.1) is 0 Å². The fraction of sp³-hybridized carbons (Fsp3) is 0.538. The van der Waals surface area contributed by atoms with E-state index in [1.54, 1.807) is 0 Å². The molecule has 0 unspecified atom stereocenters. The van der Waals surface area contributed by atoms with Crippen LogP contribution >= 0.6 is 0 Å². The molecule has 0 aromatic heterocycles. The summed E-state index contributed by atoms with van der Waals surface area (Å²) < 4.78 is 0. The molecular formula is C13H23N. The van der Waals surface area contributed by atoms with E-state index in [0.29, 0.717) is 0 Å². The second-order valence-electron chi connectivity index (χ2n) is 3.40. The number of hydrogen-bond acceptors (Lipinski definition) is 1. The molecule has 0 aliphatic heterocycles.